The SMILES string of the molecule is CC(C)(C)[Si](C)(C)O[C@H]1C2OP(O)(=S)OC[C@H]3O[C@@H](n4cc5c6c(ncnc64)CCCC5)[C@H](F)[C@@H]3OP(O)(=S)OC[C@H]1O[C@H]2n1cnc2c(N)nc(NCCCC(=O)OCC[Si](C)(C)C)nc21. The van der Waals surface area contributed by atoms with Crippen molar-refractivity contribution in [1.82, 2.24) is 34.1 Å². The van der Waals surface area contributed by atoms with E-state index in [1.807, 2.05) is 19.3 Å². The summed E-state index contributed by atoms with van der Waals surface area (Å²) in [5.74, 6) is -0.0530. The fraction of sp³-hybridized carbons (Fsp3) is 0.700. The van der Waals surface area contributed by atoms with Crippen LogP contribution < -0.4 is 11.1 Å². The Labute approximate surface area is 401 Å². The van der Waals surface area contributed by atoms with Gasteiger partial charge >= 0.3 is 19.4 Å². The Morgan fingerprint density at radius 3 is 2.36 bits per heavy atom. The molecule has 3 fully saturated rings. The normalized spacial score (nSPS) is 30.9. The van der Waals surface area contributed by atoms with Gasteiger partial charge in [-0.3, -0.25) is 18.4 Å². The Kier molecular flexibility index (Phi) is 14.9. The van der Waals surface area contributed by atoms with Gasteiger partial charge in [0.15, 0.2) is 38.4 Å². The Bertz CT molecular complexity index is 2570. The van der Waals surface area contributed by atoms with Gasteiger partial charge in [-0.15, -0.1) is 0 Å². The summed E-state index contributed by atoms with van der Waals surface area (Å²) in [6.45, 7) is 8.16. The molecular formula is C40H62FN9O11P2S2Si2. The van der Waals surface area contributed by atoms with Gasteiger partial charge in [0.1, 0.15) is 48.0 Å². The molecule has 1 aliphatic carbocycles. The molecule has 7 heterocycles. The number of nitrogen functional groups attached to an aromatic ring is 1. The van der Waals surface area contributed by atoms with Crippen LogP contribution in [0.15, 0.2) is 18.9 Å². The van der Waals surface area contributed by atoms with Crippen LogP contribution in [0.1, 0.15) is 70.2 Å². The first-order valence-corrected chi connectivity index (χ1v) is 34.4. The van der Waals surface area contributed by atoms with E-state index in [0.29, 0.717) is 25.2 Å². The number of imidazole rings is 1. The van der Waals surface area contributed by atoms with Crippen molar-refractivity contribution < 1.29 is 55.7 Å². The average Bonchev–Trinajstić information content (AvgIpc) is 3.94. The number of alkyl halides is 1. The van der Waals surface area contributed by atoms with Gasteiger partial charge in [0.05, 0.1) is 31.8 Å². The molecular weight excluding hydrogens is 984 g/mol. The molecule has 8 rings (SSSR count). The van der Waals surface area contributed by atoms with Crippen LogP contribution in [0.3, 0.4) is 0 Å². The predicted molar refractivity (Wildman–Crippen MR) is 260 cm³/mol. The maximum Gasteiger partial charge on any atom is 0.325 e. The summed E-state index contributed by atoms with van der Waals surface area (Å²) < 4.78 is 70.0. The highest BCUT2D eigenvalue weighted by molar-refractivity contribution is 8.07. The zero-order chi connectivity index (χ0) is 48.3. The molecule has 0 spiro atoms. The molecule has 0 saturated carbocycles. The van der Waals surface area contributed by atoms with Gasteiger partial charge in [-0.1, -0.05) is 40.4 Å². The summed E-state index contributed by atoms with van der Waals surface area (Å²) in [6, 6.07) is 0.889. The molecule has 4 aromatic heterocycles. The molecule has 27 heteroatoms. The van der Waals surface area contributed by atoms with Crippen LogP contribution >= 0.6 is 13.4 Å². The van der Waals surface area contributed by atoms with E-state index in [1.165, 1.54) is 12.7 Å². The lowest BCUT2D eigenvalue weighted by atomic mass is 10.1. The zero-order valence-electron chi connectivity index (χ0n) is 39.0. The van der Waals surface area contributed by atoms with Crippen LogP contribution in [0.5, 0.6) is 0 Å². The molecule has 2 bridgehead atoms. The number of anilines is 2. The van der Waals surface area contributed by atoms with Gasteiger partial charge in [-0.05, 0) is 85.5 Å². The molecule has 67 heavy (non-hydrogen) atoms. The number of fused-ring (bicyclic) bond motifs is 4. The average molecular weight is 1050 g/mol. The molecule has 0 radical (unpaired) electrons. The van der Waals surface area contributed by atoms with Crippen LogP contribution in [-0.4, -0.2) is 129 Å². The number of esters is 1. The lowest BCUT2D eigenvalue weighted by Crippen LogP contribution is -2.50. The summed E-state index contributed by atoms with van der Waals surface area (Å²) in [4.78, 5) is 58.7. The van der Waals surface area contributed by atoms with Crippen molar-refractivity contribution in [3.63, 3.8) is 0 Å². The minimum atomic E-state index is -4.30. The fourth-order valence-electron chi connectivity index (χ4n) is 8.31. The molecule has 0 aromatic carbocycles. The number of nitrogens with two attached hydrogens (primary N) is 1. The number of aromatic nitrogens is 7. The van der Waals surface area contributed by atoms with E-state index in [0.717, 1.165) is 48.4 Å². The highest BCUT2D eigenvalue weighted by Gasteiger charge is 2.56. The second-order valence-corrected chi connectivity index (χ2v) is 36.2. The smallest absolute Gasteiger partial charge is 0.325 e. The third-order valence-corrected chi connectivity index (χ3v) is 22.2. The summed E-state index contributed by atoms with van der Waals surface area (Å²) in [6.07, 6.45) is -1.60. The molecule has 370 valence electrons. The Morgan fingerprint density at radius 1 is 0.955 bits per heavy atom. The van der Waals surface area contributed by atoms with Crippen LogP contribution in [0.4, 0.5) is 16.2 Å². The number of nitrogens with one attached hydrogen (secondary N) is 1. The standard InChI is InChI=1S/C40H62FN9O11P2S2Si2/c1-40(2,3)67(7,8)61-32-26-20-56-62(52,64)59-31-25(57-37(29(31)41)49-18-23-12-9-10-13-24-28(23)35(49)45-21-44-24)19-55-63(53,65)60-33(32)38(58-26)50-22-46-30-34(42)47-39(48-36(30)50)43-15-11-14-27(51)54-16-17-66(4,5)6/h18,21-22,25-26,29,31-33,37-38H,9-17,19-20H2,1-8H3,(H,52,64)(H,53,65)(H3,42,43,47,48)/t25-,26-,29-,31-,32-,33?,37-,38-,62?,63?/m1/s1. The van der Waals surface area contributed by atoms with Gasteiger partial charge < -0.3 is 53.1 Å². The first-order chi connectivity index (χ1) is 31.4. The van der Waals surface area contributed by atoms with Gasteiger partial charge in [-0.25, -0.2) is 19.3 Å². The molecule has 20 nitrogen and oxygen atoms in total. The van der Waals surface area contributed by atoms with Crippen molar-refractivity contribution in [1.29, 1.82) is 0 Å². The van der Waals surface area contributed by atoms with E-state index < -0.39 is 92.2 Å². The number of hydrogen-bond donors (Lipinski definition) is 4. The van der Waals surface area contributed by atoms with Crippen molar-refractivity contribution >= 4 is 93.4 Å². The van der Waals surface area contributed by atoms with Crippen molar-refractivity contribution in [2.45, 2.75) is 152 Å². The highest BCUT2D eigenvalue weighted by Crippen LogP contribution is 2.56. The Balaban J connectivity index is 1.08. The molecule has 4 aromatic rings. The third-order valence-electron chi connectivity index (χ3n) is 12.9. The number of halogens is 1. The molecule has 10 atom stereocenters. The van der Waals surface area contributed by atoms with E-state index in [1.54, 1.807) is 9.13 Å². The number of rotatable bonds is 12. The fourth-order valence-corrected chi connectivity index (χ4v) is 13.2. The summed E-state index contributed by atoms with van der Waals surface area (Å²) in [7, 11) is -4.04. The molecule has 5 N–H and O–H groups in total. The lowest BCUT2D eigenvalue weighted by Gasteiger charge is -2.40. The highest BCUT2D eigenvalue weighted by atomic mass is 32.5. The lowest BCUT2D eigenvalue weighted by molar-refractivity contribution is -0.143. The molecule has 4 aliphatic rings. The predicted octanol–water partition coefficient (Wildman–Crippen LogP) is 6.58. The molecule has 3 unspecified atom stereocenters. The molecule has 3 aliphatic heterocycles. The second-order valence-electron chi connectivity index (χ2n) is 20.2. The Morgan fingerprint density at radius 2 is 1.64 bits per heavy atom. The van der Waals surface area contributed by atoms with Crippen LogP contribution in [-0.2, 0) is 78.0 Å². The number of carbonyl (C=O) groups excluding carboxylic acids is 1. The first kappa shape index (κ1) is 50.9. The third kappa shape index (κ3) is 11.4. The number of carbonyl (C=O) groups is 1. The maximum atomic E-state index is 16.9. The van der Waals surface area contributed by atoms with Gasteiger partial charge in [-0.2, -0.15) is 9.97 Å². The van der Waals surface area contributed by atoms with Crippen molar-refractivity contribution in [3.05, 3.63) is 30.1 Å². The minimum Gasteiger partial charge on any atom is -0.466 e. The van der Waals surface area contributed by atoms with E-state index in [4.69, 9.17) is 71.1 Å². The summed E-state index contributed by atoms with van der Waals surface area (Å²) >= 11 is 11.3. The van der Waals surface area contributed by atoms with Crippen molar-refractivity contribution in [2.24, 2.45) is 0 Å². The Hall–Kier alpha value is -2.46. The van der Waals surface area contributed by atoms with Crippen molar-refractivity contribution in [2.75, 3.05) is 37.4 Å². The topological polar surface area (TPSA) is 244 Å². The number of hydrogen-bond acceptors (Lipinski definition) is 18. The summed E-state index contributed by atoms with van der Waals surface area (Å²) in [5, 5.41) is 3.68. The van der Waals surface area contributed by atoms with Gasteiger partial charge in [0.2, 0.25) is 5.95 Å². The largest absolute Gasteiger partial charge is 0.466 e. The molecule has 0 amide bonds. The van der Waals surface area contributed by atoms with Crippen LogP contribution in [0, 0.1) is 0 Å². The summed E-state index contributed by atoms with van der Waals surface area (Å²) in [5.41, 5.74) is 9.26. The number of ether oxygens (including phenoxy) is 3. The second kappa shape index (κ2) is 19.6. The zero-order valence-corrected chi connectivity index (χ0v) is 44.4. The van der Waals surface area contributed by atoms with E-state index in [-0.39, 0.29) is 40.4 Å². The quantitative estimate of drug-likeness (QED) is 0.0507. The maximum absolute atomic E-state index is 16.9. The minimum absolute atomic E-state index is 0.0631. The van der Waals surface area contributed by atoms with Gasteiger partial charge in [0.25, 0.3) is 0 Å². The molecule has 3 saturated heterocycles. The first-order valence-electron chi connectivity index (χ1n) is 22.6. The van der Waals surface area contributed by atoms with E-state index in [2.05, 4.69) is 65.7 Å². The monoisotopic (exact) mass is 1050 g/mol. The van der Waals surface area contributed by atoms with Gasteiger partial charge in [0, 0.05) is 32.6 Å². The van der Waals surface area contributed by atoms with E-state index in [9.17, 15) is 14.6 Å². The number of aryl methyl sites for hydroxylation is 2. The van der Waals surface area contributed by atoms with Crippen LogP contribution in [0.25, 0.3) is 22.2 Å². The van der Waals surface area contributed by atoms with Crippen LogP contribution in [0.2, 0.25) is 43.8 Å². The van der Waals surface area contributed by atoms with E-state index >= 15 is 4.39 Å². The van der Waals surface area contributed by atoms with Crippen molar-refractivity contribution in [3.8, 4) is 0 Å². The number of nitrogens with zero attached hydrogens (tertiary/aromatic N) is 7.